The largest absolute Gasteiger partial charge is 0.379 e. The van der Waals surface area contributed by atoms with Crippen LogP contribution >= 0.6 is 0 Å². The predicted octanol–water partition coefficient (Wildman–Crippen LogP) is 9.05. The Labute approximate surface area is 689 Å². The number of carbonyl (C=O) groups excluding carboxylic acids is 6. The van der Waals surface area contributed by atoms with Crippen molar-refractivity contribution in [1.82, 2.24) is 70.8 Å². The maximum absolute atomic E-state index is 13.4. The number of benzene rings is 4. The number of aromatic nitrogens is 6. The van der Waals surface area contributed by atoms with E-state index in [1.807, 2.05) is 72.8 Å². The van der Waals surface area contributed by atoms with Gasteiger partial charge in [0.1, 0.15) is 11.6 Å². The van der Waals surface area contributed by atoms with Gasteiger partial charge in [0, 0.05) is 242 Å². The molecule has 117 heavy (non-hydrogen) atoms. The lowest BCUT2D eigenvalue weighted by molar-refractivity contribution is -0.123. The van der Waals surface area contributed by atoms with Crippen LogP contribution in [0.3, 0.4) is 0 Å². The maximum atomic E-state index is 13.4. The average molecular weight is 1600 g/mol. The Morgan fingerprint density at radius 1 is 0.359 bits per heavy atom. The highest BCUT2D eigenvalue weighted by Gasteiger charge is 2.22. The monoisotopic (exact) mass is 1600 g/mol. The molecule has 2 saturated heterocycles. The van der Waals surface area contributed by atoms with E-state index >= 15 is 0 Å². The maximum Gasteiger partial charge on any atom is 0.221 e. The number of nitrogens with zero attached hydrogens (tertiary/aromatic N) is 10. The molecule has 26 nitrogen and oxygen atoms in total. The summed E-state index contributed by atoms with van der Waals surface area (Å²) < 4.78 is 33.8. The molecule has 0 atom stereocenters. The molecule has 4 aromatic heterocycles. The van der Waals surface area contributed by atoms with E-state index in [1.165, 1.54) is 11.1 Å². The van der Waals surface area contributed by atoms with Gasteiger partial charge in [0.05, 0.1) is 64.2 Å². The van der Waals surface area contributed by atoms with E-state index in [0.717, 1.165) is 146 Å². The van der Waals surface area contributed by atoms with Crippen LogP contribution in [0, 0.1) is 13.8 Å². The third-order valence-corrected chi connectivity index (χ3v) is 20.6. The summed E-state index contributed by atoms with van der Waals surface area (Å²) in [6, 6.07) is 39.9. The summed E-state index contributed by atoms with van der Waals surface area (Å²) in [5, 5.41) is 11.8. The molecule has 624 valence electrons. The fraction of sp³-hybridized carbons (Fsp3) is 0.473. The molecule has 0 aliphatic carbocycles. The quantitative estimate of drug-likeness (QED) is 0.0204. The Kier molecular flexibility index (Phi) is 39.3. The van der Waals surface area contributed by atoms with Gasteiger partial charge in [-0.2, -0.15) is 0 Å². The summed E-state index contributed by atoms with van der Waals surface area (Å²) in [4.78, 5) is 113. The van der Waals surface area contributed by atoms with Crippen LogP contribution in [0.4, 0.5) is 0 Å². The molecular formula is C91H118N14O12. The molecule has 0 radical (unpaired) electrons. The molecule has 2 aliphatic heterocycles. The Morgan fingerprint density at radius 2 is 0.692 bits per heavy atom. The summed E-state index contributed by atoms with van der Waals surface area (Å²) in [6.07, 6.45) is 17.1. The first-order valence-electron chi connectivity index (χ1n) is 41.6. The van der Waals surface area contributed by atoms with Crippen molar-refractivity contribution < 1.29 is 57.2 Å². The van der Waals surface area contributed by atoms with Gasteiger partial charge < -0.3 is 59.5 Å². The molecule has 4 amide bonds. The van der Waals surface area contributed by atoms with E-state index in [1.54, 1.807) is 37.2 Å². The Balaban J connectivity index is 0.428. The van der Waals surface area contributed by atoms with Crippen molar-refractivity contribution in [2.45, 2.75) is 110 Å². The topological polar surface area (TPSA) is 296 Å². The lowest BCUT2D eigenvalue weighted by Crippen LogP contribution is -2.46. The van der Waals surface area contributed by atoms with Crippen molar-refractivity contribution in [3.63, 3.8) is 0 Å². The lowest BCUT2D eigenvalue weighted by atomic mass is 9.97. The van der Waals surface area contributed by atoms with Gasteiger partial charge in [-0.15, -0.1) is 0 Å². The van der Waals surface area contributed by atoms with Crippen molar-refractivity contribution in [3.05, 3.63) is 226 Å². The van der Waals surface area contributed by atoms with Crippen LogP contribution < -0.4 is 21.3 Å². The molecule has 4 aromatic carbocycles. The van der Waals surface area contributed by atoms with E-state index in [4.69, 9.17) is 38.4 Å². The molecule has 8 aromatic rings. The zero-order valence-electron chi connectivity index (χ0n) is 68.4. The van der Waals surface area contributed by atoms with Gasteiger partial charge in [-0.1, -0.05) is 84.9 Å². The second-order valence-electron chi connectivity index (χ2n) is 29.7. The molecule has 4 N–H and O–H groups in total. The van der Waals surface area contributed by atoms with Crippen molar-refractivity contribution in [2.24, 2.45) is 0 Å². The highest BCUT2D eigenvalue weighted by Crippen LogP contribution is 2.23. The molecule has 26 heteroatoms. The summed E-state index contributed by atoms with van der Waals surface area (Å²) >= 11 is 0. The number of amides is 4. The average Bonchev–Trinajstić information content (AvgIpc) is 0.838. The zero-order valence-corrected chi connectivity index (χ0v) is 68.4. The number of pyridine rings is 2. The number of ketones is 2. The zero-order chi connectivity index (χ0) is 81.7. The minimum absolute atomic E-state index is 0.0436. The van der Waals surface area contributed by atoms with Crippen molar-refractivity contribution in [2.75, 3.05) is 171 Å². The number of hydrogen-bond donors (Lipinski definition) is 4. The second kappa shape index (κ2) is 51.4. The smallest absolute Gasteiger partial charge is 0.221 e. The normalized spacial score (nSPS) is 13.5. The predicted molar refractivity (Wildman–Crippen MR) is 449 cm³/mol. The number of aryl methyl sites for hydroxylation is 2. The number of rotatable bonds is 54. The van der Waals surface area contributed by atoms with Gasteiger partial charge in [-0.05, 0) is 127 Å². The van der Waals surface area contributed by atoms with Crippen molar-refractivity contribution >= 4 is 35.2 Å². The SMILES string of the molecule is Cc1ccc(CC(=O)c2ccc(CN3CCN(CCC(=O)NCCCOCCOCCOCCCNC(=O)CCCC(=O)NCCCOCCOCCOCCCNC(=O)CCN4CCN(Cc5ccc(C(=O)Cc6ccc(C)c(Cc7nccc(-c8cccnc8)n7)c6)cc5)CC4)CC3)cc2)cc1Cc1nccc(-c2cccnc2)n1. The lowest BCUT2D eigenvalue weighted by Gasteiger charge is -2.34. The number of ether oxygens (including phenoxy) is 6. The molecule has 0 unspecified atom stereocenters. The highest BCUT2D eigenvalue weighted by atomic mass is 16.5. The summed E-state index contributed by atoms with van der Waals surface area (Å²) in [5.41, 5.74) is 13.7. The molecule has 0 bridgehead atoms. The third kappa shape index (κ3) is 34.0. The van der Waals surface area contributed by atoms with Crippen molar-refractivity contribution in [1.29, 1.82) is 0 Å². The number of carbonyl (C=O) groups is 6. The van der Waals surface area contributed by atoms with E-state index in [9.17, 15) is 28.8 Å². The molecule has 2 fully saturated rings. The van der Waals surface area contributed by atoms with Crippen LogP contribution in [-0.4, -0.2) is 256 Å². The first-order valence-corrected chi connectivity index (χ1v) is 41.6. The van der Waals surface area contributed by atoms with Gasteiger partial charge >= 0.3 is 0 Å². The molecule has 0 saturated carbocycles. The molecule has 10 rings (SSSR count). The summed E-state index contributed by atoms with van der Waals surface area (Å²) in [7, 11) is 0. The van der Waals surface area contributed by atoms with Gasteiger partial charge in [0.2, 0.25) is 23.6 Å². The van der Waals surface area contributed by atoms with E-state index in [2.05, 4.69) is 123 Å². The van der Waals surface area contributed by atoms with Gasteiger partial charge in [-0.3, -0.25) is 48.5 Å². The molecule has 6 heterocycles. The molecule has 2 aliphatic rings. The van der Waals surface area contributed by atoms with Gasteiger partial charge in [0.15, 0.2) is 11.6 Å². The fourth-order valence-corrected chi connectivity index (χ4v) is 13.7. The third-order valence-electron chi connectivity index (χ3n) is 20.6. The number of Topliss-reactive ketones (excluding diaryl/α,β-unsaturated/α-hetero) is 2. The van der Waals surface area contributed by atoms with Crippen LogP contribution in [-0.2, 0) is 86.4 Å². The Bertz CT molecular complexity index is 4030. The minimum atomic E-state index is -0.0912. The van der Waals surface area contributed by atoms with Crippen LogP contribution in [0.5, 0.6) is 0 Å². The molecule has 0 spiro atoms. The number of piperazine rings is 2. The standard InChI is InChI=1S/C91H118N14O12/c1-70-14-16-74(60-80(70)64-86-94-36-26-82(100-86)78-10-4-30-92-66-78)62-84(106)76-22-18-72(19-23-76)68-104-44-40-102(41-45-104)38-28-90(110)98-34-8-50-114-54-58-116-56-52-112-48-6-32-96-88(108)12-3-13-89(109)97-33-7-49-113-53-57-117-59-55-115-51-9-35-99-91(111)29-39-103-42-46-105(47-43-103)69-73-20-24-77(25-21-73)85(107)63-75-17-15-71(2)81(61-75)65-87-95-37-27-83(101-87)79-11-5-31-93-67-79/h4-5,10-11,14-27,30-31,36-37,60-61,66-67H,3,6-9,12-13,28-29,32-35,38-59,62-65,68-69H2,1-2H3,(H,96,108)(H,97,109)(H,98,110)(H,99,111). The first kappa shape index (κ1) is 89.5. The van der Waals surface area contributed by atoms with Crippen LogP contribution in [0.15, 0.2) is 159 Å². The first-order chi connectivity index (χ1) is 57.3. The Morgan fingerprint density at radius 3 is 1.04 bits per heavy atom. The minimum Gasteiger partial charge on any atom is -0.379 e. The van der Waals surface area contributed by atoms with E-state index in [-0.39, 0.29) is 48.0 Å². The Hall–Kier alpha value is -9.84. The number of nitrogens with one attached hydrogen (secondary N) is 4. The molecular weight excluding hydrogens is 1480 g/mol. The van der Waals surface area contributed by atoms with Crippen LogP contribution in [0.2, 0.25) is 0 Å². The number of hydrogen-bond acceptors (Lipinski definition) is 22. The van der Waals surface area contributed by atoms with Crippen LogP contribution in [0.1, 0.15) is 135 Å². The van der Waals surface area contributed by atoms with Gasteiger partial charge in [-0.25, -0.2) is 19.9 Å². The van der Waals surface area contributed by atoms with Crippen molar-refractivity contribution in [3.8, 4) is 22.5 Å². The van der Waals surface area contributed by atoms with Gasteiger partial charge in [0.25, 0.3) is 0 Å². The highest BCUT2D eigenvalue weighted by molar-refractivity contribution is 5.98. The second-order valence-corrected chi connectivity index (χ2v) is 29.7. The van der Waals surface area contributed by atoms with Crippen LogP contribution in [0.25, 0.3) is 22.5 Å². The summed E-state index contributed by atoms with van der Waals surface area (Å²) in [5.74, 6) is 1.51. The fourth-order valence-electron chi connectivity index (χ4n) is 13.7. The van der Waals surface area contributed by atoms with E-state index < -0.39 is 0 Å². The van der Waals surface area contributed by atoms with E-state index in [0.29, 0.717) is 187 Å². The summed E-state index contributed by atoms with van der Waals surface area (Å²) in [6.45, 7) is 22.2.